The standard InChI is InChI=1S/C15H16FN3O3S/c1-19(2)15(20)17-12-8-4-5-9-13(12)18-23(21,22)14-10-6-3-7-11(14)16/h3-10,18H,1-2H3,(H,17,20). The Balaban J connectivity index is 2.34. The van der Waals surface area contributed by atoms with Crippen LogP contribution in [0.4, 0.5) is 20.6 Å². The molecule has 2 N–H and O–H groups in total. The van der Waals surface area contributed by atoms with E-state index < -0.39 is 26.8 Å². The molecule has 2 amide bonds. The normalized spacial score (nSPS) is 10.9. The maximum atomic E-state index is 13.7. The Kier molecular flexibility index (Phi) is 4.85. The van der Waals surface area contributed by atoms with E-state index in [0.717, 1.165) is 6.07 Å². The number of rotatable bonds is 4. The number of anilines is 2. The van der Waals surface area contributed by atoms with Crippen molar-refractivity contribution in [3.8, 4) is 0 Å². The lowest BCUT2D eigenvalue weighted by molar-refractivity contribution is 0.230. The number of amides is 2. The monoisotopic (exact) mass is 337 g/mol. The summed E-state index contributed by atoms with van der Waals surface area (Å²) < 4.78 is 40.6. The second-order valence-electron chi connectivity index (χ2n) is 4.91. The van der Waals surface area contributed by atoms with Crippen molar-refractivity contribution < 1.29 is 17.6 Å². The number of hydrogen-bond donors (Lipinski definition) is 2. The molecule has 0 spiro atoms. The summed E-state index contributed by atoms with van der Waals surface area (Å²) >= 11 is 0. The molecule has 0 heterocycles. The molecule has 8 heteroatoms. The molecule has 2 aromatic rings. The molecule has 0 radical (unpaired) electrons. The van der Waals surface area contributed by atoms with Crippen molar-refractivity contribution in [3.63, 3.8) is 0 Å². The van der Waals surface area contributed by atoms with E-state index in [1.165, 1.54) is 29.2 Å². The lowest BCUT2D eigenvalue weighted by Gasteiger charge is -2.16. The van der Waals surface area contributed by atoms with Gasteiger partial charge in [-0.25, -0.2) is 17.6 Å². The van der Waals surface area contributed by atoms with Crippen molar-refractivity contribution in [3.05, 3.63) is 54.3 Å². The van der Waals surface area contributed by atoms with Crippen LogP contribution in [0, 0.1) is 5.82 Å². The van der Waals surface area contributed by atoms with E-state index in [0.29, 0.717) is 0 Å². The molecule has 0 bridgehead atoms. The van der Waals surface area contributed by atoms with Gasteiger partial charge < -0.3 is 10.2 Å². The van der Waals surface area contributed by atoms with Crippen LogP contribution >= 0.6 is 0 Å². The maximum Gasteiger partial charge on any atom is 0.321 e. The number of hydrogen-bond acceptors (Lipinski definition) is 3. The van der Waals surface area contributed by atoms with Crippen LogP contribution in [-0.4, -0.2) is 33.4 Å². The van der Waals surface area contributed by atoms with Gasteiger partial charge in [0, 0.05) is 14.1 Å². The number of nitrogens with zero attached hydrogens (tertiary/aromatic N) is 1. The molecule has 0 aliphatic carbocycles. The lowest BCUT2D eigenvalue weighted by atomic mass is 10.3. The highest BCUT2D eigenvalue weighted by Crippen LogP contribution is 2.25. The quantitative estimate of drug-likeness (QED) is 0.900. The molecule has 0 saturated carbocycles. The molecular weight excluding hydrogens is 321 g/mol. The minimum absolute atomic E-state index is 0.144. The number of nitrogens with one attached hydrogen (secondary N) is 2. The second kappa shape index (κ2) is 6.66. The number of halogens is 1. The van der Waals surface area contributed by atoms with Crippen molar-refractivity contribution in [2.45, 2.75) is 4.90 Å². The Bertz CT molecular complexity index is 822. The minimum atomic E-state index is -4.11. The number of urea groups is 1. The van der Waals surface area contributed by atoms with Gasteiger partial charge in [-0.2, -0.15) is 0 Å². The van der Waals surface area contributed by atoms with E-state index in [9.17, 15) is 17.6 Å². The van der Waals surface area contributed by atoms with E-state index >= 15 is 0 Å². The zero-order valence-corrected chi connectivity index (χ0v) is 13.4. The van der Waals surface area contributed by atoms with Crippen LogP contribution in [0.25, 0.3) is 0 Å². The van der Waals surface area contributed by atoms with Crippen LogP contribution in [0.5, 0.6) is 0 Å². The average Bonchev–Trinajstić information content (AvgIpc) is 2.49. The van der Waals surface area contributed by atoms with Crippen LogP contribution in [0.1, 0.15) is 0 Å². The van der Waals surface area contributed by atoms with Gasteiger partial charge in [0.25, 0.3) is 10.0 Å². The Labute approximate surface area is 134 Å². The summed E-state index contributed by atoms with van der Waals surface area (Å²) in [6.07, 6.45) is 0. The average molecular weight is 337 g/mol. The molecule has 6 nitrogen and oxygen atoms in total. The summed E-state index contributed by atoms with van der Waals surface area (Å²) in [5, 5.41) is 2.56. The van der Waals surface area contributed by atoms with Gasteiger partial charge in [-0.3, -0.25) is 4.72 Å². The molecule has 0 unspecified atom stereocenters. The SMILES string of the molecule is CN(C)C(=O)Nc1ccccc1NS(=O)(=O)c1ccccc1F. The number of carbonyl (C=O) groups excluding carboxylic acids is 1. The molecule has 0 aliphatic heterocycles. The van der Waals surface area contributed by atoms with E-state index in [4.69, 9.17) is 0 Å². The van der Waals surface area contributed by atoms with Gasteiger partial charge in [-0.05, 0) is 24.3 Å². The Hall–Kier alpha value is -2.61. The first kappa shape index (κ1) is 16.8. The molecule has 0 saturated heterocycles. The fourth-order valence-corrected chi connectivity index (χ4v) is 2.93. The lowest BCUT2D eigenvalue weighted by Crippen LogP contribution is -2.28. The number of para-hydroxylation sites is 2. The van der Waals surface area contributed by atoms with Crippen molar-refractivity contribution >= 4 is 27.4 Å². The summed E-state index contributed by atoms with van der Waals surface area (Å²) in [7, 11) is -0.998. The van der Waals surface area contributed by atoms with Crippen LogP contribution in [-0.2, 0) is 10.0 Å². The molecule has 122 valence electrons. The number of sulfonamides is 1. The largest absolute Gasteiger partial charge is 0.331 e. The molecule has 0 aliphatic rings. The van der Waals surface area contributed by atoms with Gasteiger partial charge in [0.1, 0.15) is 10.7 Å². The maximum absolute atomic E-state index is 13.7. The summed E-state index contributed by atoms with van der Waals surface area (Å²) in [6.45, 7) is 0. The van der Waals surface area contributed by atoms with Gasteiger partial charge in [0.15, 0.2) is 0 Å². The van der Waals surface area contributed by atoms with Crippen LogP contribution in [0.3, 0.4) is 0 Å². The van der Waals surface area contributed by atoms with E-state index in [2.05, 4.69) is 10.0 Å². The molecule has 2 aromatic carbocycles. The highest BCUT2D eigenvalue weighted by atomic mass is 32.2. The third kappa shape index (κ3) is 3.98. The predicted octanol–water partition coefficient (Wildman–Crippen LogP) is 2.72. The Morgan fingerprint density at radius 2 is 1.57 bits per heavy atom. The Morgan fingerprint density at radius 3 is 2.17 bits per heavy atom. The van der Waals surface area contributed by atoms with Crippen molar-refractivity contribution in [2.24, 2.45) is 0 Å². The van der Waals surface area contributed by atoms with Crippen LogP contribution < -0.4 is 10.0 Å². The fourth-order valence-electron chi connectivity index (χ4n) is 1.77. The smallest absolute Gasteiger partial charge is 0.321 e. The third-order valence-corrected chi connectivity index (χ3v) is 4.34. The van der Waals surface area contributed by atoms with E-state index in [-0.39, 0.29) is 11.4 Å². The number of carbonyl (C=O) groups is 1. The second-order valence-corrected chi connectivity index (χ2v) is 6.56. The molecular formula is C15H16FN3O3S. The van der Waals surface area contributed by atoms with Crippen molar-refractivity contribution in [1.29, 1.82) is 0 Å². The summed E-state index contributed by atoms with van der Waals surface area (Å²) in [4.78, 5) is 12.6. The van der Waals surface area contributed by atoms with Gasteiger partial charge in [0.2, 0.25) is 0 Å². The molecule has 23 heavy (non-hydrogen) atoms. The highest BCUT2D eigenvalue weighted by molar-refractivity contribution is 7.92. The van der Waals surface area contributed by atoms with Crippen molar-refractivity contribution in [2.75, 3.05) is 24.1 Å². The summed E-state index contributed by atoms with van der Waals surface area (Å²) in [5.74, 6) is -0.852. The first-order valence-corrected chi connectivity index (χ1v) is 8.14. The van der Waals surface area contributed by atoms with Crippen LogP contribution in [0.15, 0.2) is 53.4 Å². The van der Waals surface area contributed by atoms with Gasteiger partial charge in [0.05, 0.1) is 11.4 Å². The third-order valence-electron chi connectivity index (χ3n) is 2.95. The predicted molar refractivity (Wildman–Crippen MR) is 86.4 cm³/mol. The van der Waals surface area contributed by atoms with Gasteiger partial charge in [-0.1, -0.05) is 24.3 Å². The summed E-state index contributed by atoms with van der Waals surface area (Å²) in [5.41, 5.74) is 0.414. The highest BCUT2D eigenvalue weighted by Gasteiger charge is 2.20. The van der Waals surface area contributed by atoms with E-state index in [1.807, 2.05) is 0 Å². The molecule has 0 aromatic heterocycles. The zero-order valence-electron chi connectivity index (χ0n) is 12.6. The first-order chi connectivity index (χ1) is 10.8. The fraction of sp³-hybridized carbons (Fsp3) is 0.133. The van der Waals surface area contributed by atoms with Crippen molar-refractivity contribution in [1.82, 2.24) is 4.90 Å². The Morgan fingerprint density at radius 1 is 1.00 bits per heavy atom. The first-order valence-electron chi connectivity index (χ1n) is 6.66. The molecule has 0 fully saturated rings. The van der Waals surface area contributed by atoms with E-state index in [1.54, 1.807) is 32.3 Å². The topological polar surface area (TPSA) is 78.5 Å². The number of benzene rings is 2. The van der Waals surface area contributed by atoms with Gasteiger partial charge in [-0.15, -0.1) is 0 Å². The molecule has 0 atom stereocenters. The van der Waals surface area contributed by atoms with Crippen LogP contribution in [0.2, 0.25) is 0 Å². The summed E-state index contributed by atoms with van der Waals surface area (Å²) in [6, 6.07) is 10.9. The molecule has 2 rings (SSSR count). The van der Waals surface area contributed by atoms with Gasteiger partial charge >= 0.3 is 6.03 Å². The zero-order chi connectivity index (χ0) is 17.0. The minimum Gasteiger partial charge on any atom is -0.331 e.